The van der Waals surface area contributed by atoms with Crippen LogP contribution in [0.25, 0.3) is 5.69 Å². The summed E-state index contributed by atoms with van der Waals surface area (Å²) in [5.74, 6) is -0.228. The Hall–Kier alpha value is -2.61. The van der Waals surface area contributed by atoms with Gasteiger partial charge in [0.25, 0.3) is 0 Å². The van der Waals surface area contributed by atoms with E-state index in [1.54, 1.807) is 12.5 Å². The first kappa shape index (κ1) is 15.3. The minimum absolute atomic E-state index is 0.0651. The highest BCUT2D eigenvalue weighted by Gasteiger charge is 2.20. The summed E-state index contributed by atoms with van der Waals surface area (Å²) in [6, 6.07) is 9.58. The van der Waals surface area contributed by atoms with Crippen molar-refractivity contribution in [3.8, 4) is 5.69 Å². The molecule has 0 amide bonds. The summed E-state index contributed by atoms with van der Waals surface area (Å²) in [7, 11) is 0. The highest BCUT2D eigenvalue weighted by Crippen LogP contribution is 2.26. The van der Waals surface area contributed by atoms with Crippen LogP contribution >= 0.6 is 11.8 Å². The number of hydrogen-bond donors (Lipinski definition) is 1. The Labute approximate surface area is 137 Å². The quantitative estimate of drug-likeness (QED) is 0.698. The van der Waals surface area contributed by atoms with Gasteiger partial charge in [0.15, 0.2) is 11.0 Å². The van der Waals surface area contributed by atoms with Gasteiger partial charge in [-0.1, -0.05) is 30.0 Å². The summed E-state index contributed by atoms with van der Waals surface area (Å²) >= 11 is 1.15. The van der Waals surface area contributed by atoms with Crippen molar-refractivity contribution < 1.29 is 9.90 Å². The van der Waals surface area contributed by atoms with Gasteiger partial charge in [-0.15, -0.1) is 10.2 Å². The second kappa shape index (κ2) is 6.66. The van der Waals surface area contributed by atoms with Crippen molar-refractivity contribution in [2.24, 2.45) is 0 Å². The van der Waals surface area contributed by atoms with Crippen molar-refractivity contribution in [2.75, 3.05) is 5.75 Å². The molecule has 3 aromatic rings. The molecule has 23 heavy (non-hydrogen) atoms. The molecule has 0 spiro atoms. The summed E-state index contributed by atoms with van der Waals surface area (Å²) in [5, 5.41) is 17.9. The number of nitrogens with zero attached hydrogens (tertiary/aromatic N) is 5. The molecule has 0 bridgehead atoms. The summed E-state index contributed by atoms with van der Waals surface area (Å²) in [6.45, 7) is 2.00. The van der Waals surface area contributed by atoms with Crippen LogP contribution in [0.1, 0.15) is 18.8 Å². The topological polar surface area (TPSA) is 85.8 Å². The molecule has 0 aliphatic heterocycles. The van der Waals surface area contributed by atoms with E-state index < -0.39 is 5.97 Å². The first-order valence-electron chi connectivity index (χ1n) is 6.99. The zero-order valence-corrected chi connectivity index (χ0v) is 13.2. The van der Waals surface area contributed by atoms with Gasteiger partial charge in [-0.05, 0) is 19.1 Å². The third kappa shape index (κ3) is 3.26. The zero-order valence-electron chi connectivity index (χ0n) is 12.4. The minimum Gasteiger partial charge on any atom is -0.481 e. The first-order chi connectivity index (χ1) is 11.2. The molecule has 1 aromatic carbocycles. The van der Waals surface area contributed by atoms with Gasteiger partial charge >= 0.3 is 5.97 Å². The predicted molar refractivity (Wildman–Crippen MR) is 85.8 cm³/mol. The first-order valence-corrected chi connectivity index (χ1v) is 7.98. The summed E-state index contributed by atoms with van der Waals surface area (Å²) in [4.78, 5) is 14.9. The smallest absolute Gasteiger partial charge is 0.313 e. The fraction of sp³-hybridized carbons (Fsp3) is 0.200. The molecule has 0 aliphatic carbocycles. The third-order valence-electron chi connectivity index (χ3n) is 3.34. The molecular weight excluding hydrogens is 314 g/mol. The number of thioether (sulfide) groups is 1. The predicted octanol–water partition coefficient (Wildman–Crippen LogP) is 2.25. The molecule has 7 nitrogen and oxygen atoms in total. The number of rotatable bonds is 6. The molecule has 0 radical (unpaired) electrons. The van der Waals surface area contributed by atoms with Crippen molar-refractivity contribution in [1.29, 1.82) is 0 Å². The number of aromatic nitrogens is 5. The molecule has 2 aromatic heterocycles. The van der Waals surface area contributed by atoms with E-state index >= 15 is 0 Å². The molecule has 3 rings (SSSR count). The Bertz CT molecular complexity index is 786. The Kier molecular flexibility index (Phi) is 4.42. The normalized spacial score (nSPS) is 12.2. The van der Waals surface area contributed by atoms with E-state index in [1.807, 2.05) is 52.6 Å². The van der Waals surface area contributed by atoms with Gasteiger partial charge in [0.1, 0.15) is 0 Å². The molecular formula is C15H15N5O2S. The Morgan fingerprint density at radius 2 is 2.09 bits per heavy atom. The van der Waals surface area contributed by atoms with E-state index in [9.17, 15) is 4.79 Å². The van der Waals surface area contributed by atoms with Crippen LogP contribution < -0.4 is 0 Å². The standard InChI is InChI=1S/C15H15N5O2S/c1-11(19-8-7-16-10-19)14-17-18-15(23-9-13(21)22)20(14)12-5-3-2-4-6-12/h2-8,10-11H,9H2,1H3,(H,21,22)/t11-/m0/s1. The van der Waals surface area contributed by atoms with Gasteiger partial charge in [0.05, 0.1) is 18.1 Å². The second-order valence-electron chi connectivity index (χ2n) is 4.88. The largest absolute Gasteiger partial charge is 0.481 e. The van der Waals surface area contributed by atoms with E-state index in [0.29, 0.717) is 5.16 Å². The molecule has 2 heterocycles. The van der Waals surface area contributed by atoms with E-state index in [2.05, 4.69) is 15.2 Å². The van der Waals surface area contributed by atoms with Gasteiger partial charge in [-0.2, -0.15) is 0 Å². The molecule has 1 atom stereocenters. The average Bonchev–Trinajstić information content (AvgIpc) is 3.22. The van der Waals surface area contributed by atoms with E-state index in [0.717, 1.165) is 23.3 Å². The molecule has 0 saturated carbocycles. The van der Waals surface area contributed by atoms with Gasteiger partial charge < -0.3 is 9.67 Å². The lowest BCUT2D eigenvalue weighted by Gasteiger charge is -2.15. The lowest BCUT2D eigenvalue weighted by atomic mass is 10.2. The van der Waals surface area contributed by atoms with Crippen LogP contribution in [0.15, 0.2) is 54.2 Å². The fourth-order valence-electron chi connectivity index (χ4n) is 2.22. The van der Waals surface area contributed by atoms with Crippen LogP contribution in [0.4, 0.5) is 0 Å². The summed E-state index contributed by atoms with van der Waals surface area (Å²) < 4.78 is 3.81. The number of carbonyl (C=O) groups is 1. The summed E-state index contributed by atoms with van der Waals surface area (Å²) in [6.07, 6.45) is 5.29. The molecule has 0 unspecified atom stereocenters. The number of aliphatic carboxylic acids is 1. The van der Waals surface area contributed by atoms with Crippen LogP contribution in [0.3, 0.4) is 0 Å². The maximum Gasteiger partial charge on any atom is 0.313 e. The van der Waals surface area contributed by atoms with Gasteiger partial charge in [0, 0.05) is 18.1 Å². The van der Waals surface area contributed by atoms with Crippen LogP contribution in [0, 0.1) is 0 Å². The van der Waals surface area contributed by atoms with Crippen LogP contribution in [0.5, 0.6) is 0 Å². The van der Waals surface area contributed by atoms with E-state index in [-0.39, 0.29) is 11.8 Å². The van der Waals surface area contributed by atoms with Crippen LogP contribution in [-0.4, -0.2) is 41.1 Å². The Morgan fingerprint density at radius 1 is 1.30 bits per heavy atom. The molecule has 118 valence electrons. The summed E-state index contributed by atoms with van der Waals surface area (Å²) in [5.41, 5.74) is 0.896. The number of carboxylic acids is 1. The molecule has 0 saturated heterocycles. The Balaban J connectivity index is 2.04. The SMILES string of the molecule is C[C@@H](c1nnc(SCC(=O)O)n1-c1ccccc1)n1ccnc1. The number of carboxylic acid groups (broad SMARTS) is 1. The molecule has 1 N–H and O–H groups in total. The second-order valence-corrected chi connectivity index (χ2v) is 5.82. The van der Waals surface area contributed by atoms with Crippen molar-refractivity contribution >= 4 is 17.7 Å². The maximum absolute atomic E-state index is 10.9. The maximum atomic E-state index is 10.9. The lowest BCUT2D eigenvalue weighted by Crippen LogP contribution is -2.12. The van der Waals surface area contributed by atoms with Crippen molar-refractivity contribution in [3.05, 3.63) is 54.9 Å². The van der Waals surface area contributed by atoms with Gasteiger partial charge in [-0.25, -0.2) is 4.98 Å². The van der Waals surface area contributed by atoms with Crippen LogP contribution in [0.2, 0.25) is 0 Å². The van der Waals surface area contributed by atoms with Gasteiger partial charge in [0.2, 0.25) is 0 Å². The highest BCUT2D eigenvalue weighted by molar-refractivity contribution is 7.99. The number of para-hydroxylation sites is 1. The Morgan fingerprint density at radius 3 is 2.74 bits per heavy atom. The van der Waals surface area contributed by atoms with Crippen molar-refractivity contribution in [2.45, 2.75) is 18.1 Å². The number of imidazole rings is 1. The van der Waals surface area contributed by atoms with E-state index in [1.165, 1.54) is 0 Å². The van der Waals surface area contributed by atoms with Gasteiger partial charge in [-0.3, -0.25) is 9.36 Å². The van der Waals surface area contributed by atoms with Crippen LogP contribution in [-0.2, 0) is 4.79 Å². The minimum atomic E-state index is -0.887. The third-order valence-corrected chi connectivity index (χ3v) is 4.26. The highest BCUT2D eigenvalue weighted by atomic mass is 32.2. The molecule has 8 heteroatoms. The average molecular weight is 329 g/mol. The number of benzene rings is 1. The monoisotopic (exact) mass is 329 g/mol. The van der Waals surface area contributed by atoms with Crippen molar-refractivity contribution in [3.63, 3.8) is 0 Å². The molecule has 0 aliphatic rings. The fourth-order valence-corrected chi connectivity index (χ4v) is 2.90. The molecule has 0 fully saturated rings. The van der Waals surface area contributed by atoms with E-state index in [4.69, 9.17) is 5.11 Å². The number of hydrogen-bond acceptors (Lipinski definition) is 5. The lowest BCUT2D eigenvalue weighted by molar-refractivity contribution is -0.133. The van der Waals surface area contributed by atoms with Crippen molar-refractivity contribution in [1.82, 2.24) is 24.3 Å². The zero-order chi connectivity index (χ0) is 16.2.